The first-order valence-corrected chi connectivity index (χ1v) is 12.9. The van der Waals surface area contributed by atoms with Crippen molar-refractivity contribution in [1.29, 1.82) is 5.26 Å². The molecule has 4 rings (SSSR count). The Labute approximate surface area is 196 Å². The summed E-state index contributed by atoms with van der Waals surface area (Å²) in [5, 5.41) is 15.2. The van der Waals surface area contributed by atoms with Gasteiger partial charge < -0.3 is 5.32 Å². The number of hydrogen-bond acceptors (Lipinski definition) is 8. The molecule has 0 aliphatic carbocycles. The highest BCUT2D eigenvalue weighted by molar-refractivity contribution is 7.89. The second-order valence-corrected chi connectivity index (χ2v) is 10.4. The molecule has 3 aromatic rings. The average Bonchev–Trinajstić information content (AvgIpc) is 3.21. The van der Waals surface area contributed by atoms with Crippen molar-refractivity contribution in [1.82, 2.24) is 19.9 Å². The topological polar surface area (TPSA) is 127 Å². The van der Waals surface area contributed by atoms with Crippen molar-refractivity contribution in [3.05, 3.63) is 53.6 Å². The number of carbonyl (C=O) groups is 1. The standard InChI is InChI=1S/C22H24N6O3S2/c23-8-1-9-25-33(30,31)18-5-3-17(4-6-18)21(29)27-22-26-19-7-2-16(14-20(19)32-22)15-28-12-10-24-11-13-28/h2-7,14,24-25H,1,9-13,15H2,(H,26,27,29). The van der Waals surface area contributed by atoms with Crippen LogP contribution in [0.4, 0.5) is 5.13 Å². The van der Waals surface area contributed by atoms with Gasteiger partial charge in [0.1, 0.15) is 0 Å². The molecule has 0 atom stereocenters. The zero-order valence-corrected chi connectivity index (χ0v) is 19.5. The van der Waals surface area contributed by atoms with Gasteiger partial charge in [0.15, 0.2) is 5.13 Å². The van der Waals surface area contributed by atoms with Crippen LogP contribution >= 0.6 is 11.3 Å². The maximum atomic E-state index is 12.6. The molecule has 1 saturated heterocycles. The van der Waals surface area contributed by atoms with E-state index in [9.17, 15) is 13.2 Å². The molecule has 0 bridgehead atoms. The lowest BCUT2D eigenvalue weighted by molar-refractivity contribution is 0.102. The number of sulfonamides is 1. The zero-order chi connectivity index (χ0) is 23.3. The van der Waals surface area contributed by atoms with Gasteiger partial charge in [-0.3, -0.25) is 15.0 Å². The van der Waals surface area contributed by atoms with Gasteiger partial charge in [0.2, 0.25) is 10.0 Å². The van der Waals surface area contributed by atoms with Crippen molar-refractivity contribution in [3.8, 4) is 6.07 Å². The number of benzene rings is 2. The fourth-order valence-corrected chi connectivity index (χ4v) is 5.48. The number of aromatic nitrogens is 1. The number of nitriles is 1. The average molecular weight is 485 g/mol. The molecule has 2 heterocycles. The van der Waals surface area contributed by atoms with Crippen molar-refractivity contribution in [2.45, 2.75) is 17.9 Å². The number of hydrogen-bond donors (Lipinski definition) is 3. The minimum atomic E-state index is -3.72. The van der Waals surface area contributed by atoms with Gasteiger partial charge in [0, 0.05) is 51.3 Å². The SMILES string of the molecule is N#CCCNS(=O)(=O)c1ccc(C(=O)Nc2nc3ccc(CN4CCNCC4)cc3s2)cc1. The molecular formula is C22H24N6O3S2. The molecule has 1 aliphatic rings. The van der Waals surface area contributed by atoms with Crippen molar-refractivity contribution >= 4 is 42.6 Å². The van der Waals surface area contributed by atoms with E-state index in [1.165, 1.54) is 41.2 Å². The third kappa shape index (κ3) is 5.93. The monoisotopic (exact) mass is 484 g/mol. The molecule has 1 aromatic heterocycles. The minimum absolute atomic E-state index is 0.0361. The summed E-state index contributed by atoms with van der Waals surface area (Å²) in [6, 6.07) is 13.7. The van der Waals surface area contributed by atoms with Crippen LogP contribution < -0.4 is 15.4 Å². The Hall–Kier alpha value is -2.88. The summed E-state index contributed by atoms with van der Waals surface area (Å²) in [5.74, 6) is -0.364. The van der Waals surface area contributed by atoms with E-state index in [1.807, 2.05) is 12.1 Å². The molecule has 9 nitrogen and oxygen atoms in total. The lowest BCUT2D eigenvalue weighted by Crippen LogP contribution is -2.42. The summed E-state index contributed by atoms with van der Waals surface area (Å²) >= 11 is 1.41. The summed E-state index contributed by atoms with van der Waals surface area (Å²) in [6.45, 7) is 4.98. The summed E-state index contributed by atoms with van der Waals surface area (Å²) in [6.07, 6.45) is 0.0825. The molecule has 0 unspecified atom stereocenters. The number of nitrogens with zero attached hydrogens (tertiary/aromatic N) is 3. The third-order valence-electron chi connectivity index (χ3n) is 5.24. The fraction of sp³-hybridized carbons (Fsp3) is 0.318. The zero-order valence-electron chi connectivity index (χ0n) is 17.9. The van der Waals surface area contributed by atoms with E-state index in [0.717, 1.165) is 42.9 Å². The molecule has 1 fully saturated rings. The molecule has 1 aliphatic heterocycles. The van der Waals surface area contributed by atoms with Crippen LogP contribution in [0.25, 0.3) is 10.2 Å². The van der Waals surface area contributed by atoms with E-state index in [-0.39, 0.29) is 23.8 Å². The van der Waals surface area contributed by atoms with Crippen LogP contribution in [0.5, 0.6) is 0 Å². The maximum absolute atomic E-state index is 12.6. The molecule has 172 valence electrons. The first kappa shape index (κ1) is 23.3. The molecule has 0 saturated carbocycles. The van der Waals surface area contributed by atoms with Gasteiger partial charge >= 0.3 is 0 Å². The third-order valence-corrected chi connectivity index (χ3v) is 7.66. The van der Waals surface area contributed by atoms with Crippen molar-refractivity contribution in [2.24, 2.45) is 0 Å². The van der Waals surface area contributed by atoms with Crippen LogP contribution in [0.3, 0.4) is 0 Å². The van der Waals surface area contributed by atoms with Crippen molar-refractivity contribution in [3.63, 3.8) is 0 Å². The lowest BCUT2D eigenvalue weighted by Gasteiger charge is -2.27. The predicted molar refractivity (Wildman–Crippen MR) is 128 cm³/mol. The Kier molecular flexibility index (Phi) is 7.32. The van der Waals surface area contributed by atoms with Gasteiger partial charge in [-0.15, -0.1) is 0 Å². The number of fused-ring (bicyclic) bond motifs is 1. The van der Waals surface area contributed by atoms with Gasteiger partial charge in [-0.05, 0) is 42.0 Å². The summed E-state index contributed by atoms with van der Waals surface area (Å²) < 4.78 is 27.7. The molecule has 1 amide bonds. The Morgan fingerprint density at radius 2 is 1.94 bits per heavy atom. The molecule has 2 aromatic carbocycles. The number of piperazine rings is 1. The predicted octanol–water partition coefficient (Wildman–Crippen LogP) is 2.15. The van der Waals surface area contributed by atoms with Gasteiger partial charge in [-0.1, -0.05) is 17.4 Å². The number of amides is 1. The lowest BCUT2D eigenvalue weighted by atomic mass is 10.2. The Morgan fingerprint density at radius 3 is 2.67 bits per heavy atom. The van der Waals surface area contributed by atoms with Crippen LogP contribution in [0, 0.1) is 11.3 Å². The van der Waals surface area contributed by atoms with Crippen LogP contribution in [-0.2, 0) is 16.6 Å². The van der Waals surface area contributed by atoms with E-state index in [2.05, 4.69) is 37.4 Å². The summed E-state index contributed by atoms with van der Waals surface area (Å²) in [5.41, 5.74) is 2.36. The highest BCUT2D eigenvalue weighted by Gasteiger charge is 2.16. The summed E-state index contributed by atoms with van der Waals surface area (Å²) in [7, 11) is -3.72. The molecule has 33 heavy (non-hydrogen) atoms. The van der Waals surface area contributed by atoms with Crippen LogP contribution in [-0.4, -0.2) is 56.9 Å². The highest BCUT2D eigenvalue weighted by atomic mass is 32.2. The number of rotatable bonds is 8. The minimum Gasteiger partial charge on any atom is -0.314 e. The first-order valence-electron chi connectivity index (χ1n) is 10.6. The van der Waals surface area contributed by atoms with E-state index in [4.69, 9.17) is 5.26 Å². The van der Waals surface area contributed by atoms with Crippen LogP contribution in [0.2, 0.25) is 0 Å². The largest absolute Gasteiger partial charge is 0.314 e. The number of nitrogens with one attached hydrogen (secondary N) is 3. The highest BCUT2D eigenvalue weighted by Crippen LogP contribution is 2.27. The fourth-order valence-electron chi connectivity index (χ4n) is 3.53. The molecule has 11 heteroatoms. The second kappa shape index (κ2) is 10.4. The summed E-state index contributed by atoms with van der Waals surface area (Å²) in [4.78, 5) is 19.6. The van der Waals surface area contributed by atoms with Gasteiger partial charge in [-0.25, -0.2) is 18.1 Å². The molecule has 0 spiro atoms. The van der Waals surface area contributed by atoms with Crippen molar-refractivity contribution < 1.29 is 13.2 Å². The number of thiazole rings is 1. The second-order valence-electron chi connectivity index (χ2n) is 7.63. The Balaban J connectivity index is 1.41. The first-order chi connectivity index (χ1) is 15.9. The van der Waals surface area contributed by atoms with Gasteiger partial charge in [0.25, 0.3) is 5.91 Å². The maximum Gasteiger partial charge on any atom is 0.257 e. The van der Waals surface area contributed by atoms with Crippen LogP contribution in [0.15, 0.2) is 47.4 Å². The van der Waals surface area contributed by atoms with E-state index < -0.39 is 10.0 Å². The van der Waals surface area contributed by atoms with E-state index in [0.29, 0.717) is 10.7 Å². The Bertz CT molecular complexity index is 1280. The normalized spacial score (nSPS) is 14.8. The van der Waals surface area contributed by atoms with E-state index in [1.54, 1.807) is 0 Å². The quantitative estimate of drug-likeness (QED) is 0.418. The van der Waals surface area contributed by atoms with Gasteiger partial charge in [0.05, 0.1) is 21.2 Å². The van der Waals surface area contributed by atoms with Crippen LogP contribution in [0.1, 0.15) is 22.3 Å². The molecule has 0 radical (unpaired) electrons. The number of anilines is 1. The number of carbonyl (C=O) groups excluding carboxylic acids is 1. The van der Waals surface area contributed by atoms with E-state index >= 15 is 0 Å². The molecular weight excluding hydrogens is 460 g/mol. The smallest absolute Gasteiger partial charge is 0.257 e. The van der Waals surface area contributed by atoms with Gasteiger partial charge in [-0.2, -0.15) is 5.26 Å². The Morgan fingerprint density at radius 1 is 1.18 bits per heavy atom. The molecule has 3 N–H and O–H groups in total. The van der Waals surface area contributed by atoms with Crippen molar-refractivity contribution in [2.75, 3.05) is 38.0 Å².